The van der Waals surface area contributed by atoms with E-state index in [1.165, 1.54) is 54.3 Å². The fourth-order valence-corrected chi connectivity index (χ4v) is 10.2. The largest absolute Gasteiger partial charge is 0.228 e. The molecule has 3 heteroatoms. The predicted molar refractivity (Wildman–Crippen MR) is 231 cm³/mol. The monoisotopic (exact) mass is 730 g/mol. The summed E-state index contributed by atoms with van der Waals surface area (Å²) < 4.78 is 0. The van der Waals surface area contributed by atoms with Gasteiger partial charge in [0.25, 0.3) is 0 Å². The number of aromatic nitrogens is 2. The Morgan fingerprint density at radius 1 is 0.321 bits per heavy atom. The third-order valence-electron chi connectivity index (χ3n) is 11.4. The Bertz CT molecular complexity index is 2850. The van der Waals surface area contributed by atoms with Crippen molar-refractivity contribution in [3.63, 3.8) is 0 Å². The zero-order chi connectivity index (χ0) is 37.1. The summed E-state index contributed by atoms with van der Waals surface area (Å²) in [5, 5.41) is 0. The van der Waals surface area contributed by atoms with Gasteiger partial charge in [-0.2, -0.15) is 0 Å². The highest BCUT2D eigenvalue weighted by atomic mass is 32.2. The first-order chi connectivity index (χ1) is 27.8. The molecule has 2 nitrogen and oxygen atoms in total. The van der Waals surface area contributed by atoms with E-state index in [9.17, 15) is 0 Å². The van der Waals surface area contributed by atoms with Crippen molar-refractivity contribution < 1.29 is 0 Å². The minimum Gasteiger partial charge on any atom is -0.228 e. The van der Waals surface area contributed by atoms with Gasteiger partial charge in [-0.05, 0) is 79.9 Å². The summed E-state index contributed by atoms with van der Waals surface area (Å²) >= 11 is 1.90. The minimum absolute atomic E-state index is 0.402. The van der Waals surface area contributed by atoms with E-state index in [-0.39, 0.29) is 0 Å². The molecule has 11 rings (SSSR count). The third-order valence-corrected chi connectivity index (χ3v) is 12.6. The van der Waals surface area contributed by atoms with Crippen LogP contribution < -0.4 is 0 Å². The molecule has 56 heavy (non-hydrogen) atoms. The molecule has 1 aromatic heterocycles. The van der Waals surface area contributed by atoms with E-state index in [1.54, 1.807) is 0 Å². The van der Waals surface area contributed by atoms with Gasteiger partial charge in [0.1, 0.15) is 0 Å². The Labute approximate surface area is 331 Å². The van der Waals surface area contributed by atoms with E-state index >= 15 is 0 Å². The topological polar surface area (TPSA) is 25.8 Å². The number of benzene rings is 8. The van der Waals surface area contributed by atoms with Crippen molar-refractivity contribution in [1.29, 1.82) is 0 Å². The van der Waals surface area contributed by atoms with Crippen molar-refractivity contribution in [1.82, 2.24) is 9.97 Å². The second kappa shape index (κ2) is 13.2. The average Bonchev–Trinajstić information content (AvgIpc) is 3.57. The number of hydrogen-bond donors (Lipinski definition) is 0. The van der Waals surface area contributed by atoms with Crippen molar-refractivity contribution in [3.05, 3.63) is 229 Å². The van der Waals surface area contributed by atoms with Gasteiger partial charge in [-0.25, -0.2) is 9.97 Å². The molecule has 8 aromatic carbocycles. The highest BCUT2D eigenvalue weighted by Crippen LogP contribution is 2.63. The van der Waals surface area contributed by atoms with Gasteiger partial charge in [-0.3, -0.25) is 0 Å². The van der Waals surface area contributed by atoms with Gasteiger partial charge < -0.3 is 0 Å². The number of hydrogen-bond acceptors (Lipinski definition) is 3. The highest BCUT2D eigenvalue weighted by molar-refractivity contribution is 7.99. The number of nitrogens with zero attached hydrogens (tertiary/aromatic N) is 2. The number of fused-ring (bicyclic) bond motifs is 9. The summed E-state index contributed by atoms with van der Waals surface area (Å²) in [7, 11) is 0. The second-order valence-electron chi connectivity index (χ2n) is 14.5. The summed E-state index contributed by atoms with van der Waals surface area (Å²) in [5.74, 6) is 0.715. The highest BCUT2D eigenvalue weighted by Gasteiger charge is 2.50. The quantitative estimate of drug-likeness (QED) is 0.176. The number of rotatable bonds is 5. The molecule has 0 N–H and O–H groups in total. The van der Waals surface area contributed by atoms with Crippen LogP contribution in [0.3, 0.4) is 0 Å². The van der Waals surface area contributed by atoms with E-state index in [2.05, 4.69) is 182 Å². The van der Waals surface area contributed by atoms with Crippen LogP contribution in [0.15, 0.2) is 216 Å². The lowest BCUT2D eigenvalue weighted by Crippen LogP contribution is -2.32. The first kappa shape index (κ1) is 32.6. The maximum atomic E-state index is 5.12. The van der Waals surface area contributed by atoms with Crippen molar-refractivity contribution in [2.24, 2.45) is 0 Å². The van der Waals surface area contributed by atoms with Crippen molar-refractivity contribution in [3.8, 4) is 67.3 Å². The summed E-state index contributed by atoms with van der Waals surface area (Å²) in [6, 6.07) is 74.4. The molecule has 0 saturated heterocycles. The molecule has 0 fully saturated rings. The third kappa shape index (κ3) is 5.12. The summed E-state index contributed by atoms with van der Waals surface area (Å²) in [6.07, 6.45) is 0. The first-order valence-electron chi connectivity index (χ1n) is 19.1. The van der Waals surface area contributed by atoms with Crippen LogP contribution in [0.25, 0.3) is 67.3 Å². The van der Waals surface area contributed by atoms with Gasteiger partial charge in [0.2, 0.25) is 0 Å². The molecule has 262 valence electrons. The zero-order valence-electron chi connectivity index (χ0n) is 30.4. The van der Waals surface area contributed by atoms with Crippen LogP contribution in [0.5, 0.6) is 0 Å². The molecule has 2 aliphatic rings. The van der Waals surface area contributed by atoms with Gasteiger partial charge in [-0.15, -0.1) is 0 Å². The summed E-state index contributed by atoms with van der Waals surface area (Å²) in [4.78, 5) is 12.7. The van der Waals surface area contributed by atoms with E-state index in [0.717, 1.165) is 39.2 Å². The molecule has 0 atom stereocenters. The SMILES string of the molecule is c1ccc(-c2cc(-c3cccc(-c4cccc(-c5cccc6c5Sc5ccccc5C65c6ccccc6-c6ccccc65)c4)c3)nc(-c3ccccc3)n2)cc1. The Morgan fingerprint density at radius 2 is 0.786 bits per heavy atom. The summed E-state index contributed by atoms with van der Waals surface area (Å²) in [6.45, 7) is 0. The van der Waals surface area contributed by atoms with Gasteiger partial charge >= 0.3 is 0 Å². The second-order valence-corrected chi connectivity index (χ2v) is 15.5. The Kier molecular flexibility index (Phi) is 7.68. The molecule has 0 amide bonds. The maximum Gasteiger partial charge on any atom is 0.160 e. The van der Waals surface area contributed by atoms with E-state index in [1.807, 2.05) is 36.0 Å². The molecule has 0 bridgehead atoms. The lowest BCUT2D eigenvalue weighted by molar-refractivity contribution is 0.723. The smallest absolute Gasteiger partial charge is 0.160 e. The Hall–Kier alpha value is -6.81. The molecule has 0 unspecified atom stereocenters. The van der Waals surface area contributed by atoms with Gasteiger partial charge in [0.15, 0.2) is 5.82 Å². The van der Waals surface area contributed by atoms with Crippen molar-refractivity contribution in [2.45, 2.75) is 15.2 Å². The molecular weight excluding hydrogens is 697 g/mol. The molecule has 1 spiro atoms. The van der Waals surface area contributed by atoms with Crippen LogP contribution in [0.4, 0.5) is 0 Å². The van der Waals surface area contributed by atoms with Crippen molar-refractivity contribution in [2.75, 3.05) is 0 Å². The van der Waals surface area contributed by atoms with E-state index in [4.69, 9.17) is 9.97 Å². The van der Waals surface area contributed by atoms with Gasteiger partial charge in [-0.1, -0.05) is 194 Å². The van der Waals surface area contributed by atoms with Crippen LogP contribution in [0.2, 0.25) is 0 Å². The van der Waals surface area contributed by atoms with E-state index < -0.39 is 5.41 Å². The van der Waals surface area contributed by atoms with Crippen LogP contribution in [0, 0.1) is 0 Å². The Morgan fingerprint density at radius 3 is 1.48 bits per heavy atom. The lowest BCUT2D eigenvalue weighted by Gasteiger charge is -2.40. The Balaban J connectivity index is 1.04. The predicted octanol–water partition coefficient (Wildman–Crippen LogP) is 13.6. The molecule has 9 aromatic rings. The zero-order valence-corrected chi connectivity index (χ0v) is 31.2. The molecular formula is C53H34N2S. The molecule has 0 radical (unpaired) electrons. The van der Waals surface area contributed by atoms with Crippen LogP contribution >= 0.6 is 11.8 Å². The normalized spacial score (nSPS) is 13.1. The maximum absolute atomic E-state index is 5.12. The minimum atomic E-state index is -0.402. The first-order valence-corrected chi connectivity index (χ1v) is 19.9. The molecule has 0 saturated carbocycles. The molecule has 1 aliphatic carbocycles. The molecule has 2 heterocycles. The summed E-state index contributed by atoms with van der Waals surface area (Å²) in [5.41, 5.74) is 17.3. The lowest BCUT2D eigenvalue weighted by atomic mass is 9.67. The van der Waals surface area contributed by atoms with Crippen LogP contribution in [-0.2, 0) is 5.41 Å². The standard InChI is InChI=1S/C53H34N2S/c1-3-16-35(17-4-1)48-34-49(55-52(54-48)36-18-5-2-6-19-36)40-23-14-21-38(33-40)37-20-13-22-39(32-37)41-26-15-30-47-51(41)56-50-31-12-11-29-46(50)53(47)44-27-9-7-24-42(44)43-25-8-10-28-45(43)53/h1-34H. The fraction of sp³-hybridized carbons (Fsp3) is 0.0189. The van der Waals surface area contributed by atoms with Crippen LogP contribution in [0.1, 0.15) is 22.3 Å². The van der Waals surface area contributed by atoms with Crippen molar-refractivity contribution >= 4 is 11.8 Å². The van der Waals surface area contributed by atoms with Crippen LogP contribution in [-0.4, -0.2) is 9.97 Å². The molecule has 1 aliphatic heterocycles. The average molecular weight is 731 g/mol. The van der Waals surface area contributed by atoms with Gasteiger partial charge in [0.05, 0.1) is 16.8 Å². The van der Waals surface area contributed by atoms with E-state index in [0.29, 0.717) is 5.82 Å². The van der Waals surface area contributed by atoms with Gasteiger partial charge in [0, 0.05) is 26.5 Å². The fourth-order valence-electron chi connectivity index (χ4n) is 8.90.